The standard InChI is InChI=1S/C19H22N2O2/c1-5-13-23-17(22)21-15-10-8-7-9-14(15)19(18(3,4)6-2)11-12-20-16(19)21/h5-10,12,16H,1-2,11,13H2,3-4H3/t16-,19-/m1/s1. The van der Waals surface area contributed by atoms with Gasteiger partial charge >= 0.3 is 6.09 Å². The van der Waals surface area contributed by atoms with E-state index in [0.29, 0.717) is 0 Å². The van der Waals surface area contributed by atoms with Crippen molar-refractivity contribution in [2.45, 2.75) is 31.8 Å². The predicted molar refractivity (Wildman–Crippen MR) is 93.0 cm³/mol. The van der Waals surface area contributed by atoms with Crippen LogP contribution in [0.2, 0.25) is 0 Å². The van der Waals surface area contributed by atoms with Gasteiger partial charge in [-0.3, -0.25) is 9.89 Å². The van der Waals surface area contributed by atoms with Gasteiger partial charge in [0.2, 0.25) is 0 Å². The van der Waals surface area contributed by atoms with Gasteiger partial charge in [-0.2, -0.15) is 0 Å². The van der Waals surface area contributed by atoms with Gasteiger partial charge in [0.1, 0.15) is 12.8 Å². The average Bonchev–Trinajstić information content (AvgIpc) is 3.09. The fourth-order valence-electron chi connectivity index (χ4n) is 3.78. The number of carbonyl (C=O) groups is 1. The first-order valence-electron chi connectivity index (χ1n) is 7.81. The highest BCUT2D eigenvalue weighted by atomic mass is 16.6. The molecule has 1 amide bonds. The van der Waals surface area contributed by atoms with Crippen LogP contribution >= 0.6 is 0 Å². The van der Waals surface area contributed by atoms with E-state index < -0.39 is 0 Å². The number of hydrogen-bond acceptors (Lipinski definition) is 3. The van der Waals surface area contributed by atoms with Gasteiger partial charge in [-0.15, -0.1) is 6.58 Å². The van der Waals surface area contributed by atoms with Crippen LogP contribution in [0.1, 0.15) is 25.8 Å². The number of hydrogen-bond donors (Lipinski definition) is 0. The highest BCUT2D eigenvalue weighted by molar-refractivity contribution is 5.94. The Balaban J connectivity index is 2.15. The van der Waals surface area contributed by atoms with E-state index in [1.807, 2.05) is 30.5 Å². The number of rotatable bonds is 4. The summed E-state index contributed by atoms with van der Waals surface area (Å²) < 4.78 is 5.30. The normalized spacial score (nSPS) is 25.0. The quantitative estimate of drug-likeness (QED) is 0.786. The molecule has 0 radical (unpaired) electrons. The second-order valence-electron chi connectivity index (χ2n) is 6.56. The Kier molecular flexibility index (Phi) is 3.63. The fourth-order valence-corrected chi connectivity index (χ4v) is 3.78. The molecule has 0 spiro atoms. The number of carbonyl (C=O) groups excluding carboxylic acids is 1. The van der Waals surface area contributed by atoms with Gasteiger partial charge < -0.3 is 4.74 Å². The molecule has 0 fully saturated rings. The average molecular weight is 310 g/mol. The summed E-state index contributed by atoms with van der Waals surface area (Å²) in [5.41, 5.74) is 1.47. The summed E-state index contributed by atoms with van der Waals surface area (Å²) in [7, 11) is 0. The van der Waals surface area contributed by atoms with E-state index >= 15 is 0 Å². The summed E-state index contributed by atoms with van der Waals surface area (Å²) in [5, 5.41) is 0. The molecule has 0 bridgehead atoms. The van der Waals surface area contributed by atoms with Gasteiger partial charge in [0.25, 0.3) is 0 Å². The van der Waals surface area contributed by atoms with Crippen LogP contribution in [0.25, 0.3) is 0 Å². The second-order valence-corrected chi connectivity index (χ2v) is 6.56. The largest absolute Gasteiger partial charge is 0.445 e. The lowest BCUT2D eigenvalue weighted by atomic mass is 9.60. The molecule has 2 aliphatic rings. The summed E-state index contributed by atoms with van der Waals surface area (Å²) in [6, 6.07) is 7.99. The number of benzene rings is 1. The maximum absolute atomic E-state index is 12.6. The zero-order valence-electron chi connectivity index (χ0n) is 13.7. The maximum Gasteiger partial charge on any atom is 0.416 e. The van der Waals surface area contributed by atoms with Gasteiger partial charge in [0, 0.05) is 6.21 Å². The van der Waals surface area contributed by atoms with Gasteiger partial charge in [-0.1, -0.05) is 50.8 Å². The Morgan fingerprint density at radius 3 is 2.91 bits per heavy atom. The Morgan fingerprint density at radius 1 is 1.48 bits per heavy atom. The molecular weight excluding hydrogens is 288 g/mol. The summed E-state index contributed by atoms with van der Waals surface area (Å²) in [6.45, 7) is 12.1. The number of anilines is 1. The van der Waals surface area contributed by atoms with Gasteiger partial charge in [0.05, 0.1) is 11.1 Å². The molecule has 1 aromatic carbocycles. The molecule has 0 saturated carbocycles. The van der Waals surface area contributed by atoms with Crippen LogP contribution in [0.4, 0.5) is 10.5 Å². The topological polar surface area (TPSA) is 41.9 Å². The van der Waals surface area contributed by atoms with Crippen LogP contribution in [-0.2, 0) is 10.2 Å². The molecule has 2 aliphatic heterocycles. The Morgan fingerprint density at radius 2 is 2.22 bits per heavy atom. The van der Waals surface area contributed by atoms with Crippen molar-refractivity contribution in [3.05, 3.63) is 55.1 Å². The van der Waals surface area contributed by atoms with Crippen molar-refractivity contribution < 1.29 is 9.53 Å². The van der Waals surface area contributed by atoms with Crippen molar-refractivity contribution in [1.29, 1.82) is 0 Å². The molecule has 0 aromatic heterocycles. The number of para-hydroxylation sites is 1. The van der Waals surface area contributed by atoms with Crippen molar-refractivity contribution in [2.24, 2.45) is 10.4 Å². The van der Waals surface area contributed by atoms with Crippen LogP contribution in [0.3, 0.4) is 0 Å². The molecule has 4 heteroatoms. The lowest BCUT2D eigenvalue weighted by molar-refractivity contribution is 0.154. The van der Waals surface area contributed by atoms with Crippen molar-refractivity contribution >= 4 is 18.0 Å². The first kappa shape index (κ1) is 15.5. The van der Waals surface area contributed by atoms with Crippen molar-refractivity contribution in [3.63, 3.8) is 0 Å². The Bertz CT molecular complexity index is 692. The molecule has 3 rings (SSSR count). The van der Waals surface area contributed by atoms with Crippen LogP contribution in [0.15, 0.2) is 54.6 Å². The minimum absolute atomic E-state index is 0.186. The van der Waals surface area contributed by atoms with E-state index in [9.17, 15) is 4.79 Å². The molecule has 0 aliphatic carbocycles. The number of amides is 1. The minimum atomic E-state index is -0.386. The summed E-state index contributed by atoms with van der Waals surface area (Å²) in [5.74, 6) is 0. The predicted octanol–water partition coefficient (Wildman–Crippen LogP) is 4.08. The van der Waals surface area contributed by atoms with Gasteiger partial charge in [0.15, 0.2) is 0 Å². The van der Waals surface area contributed by atoms with E-state index in [-0.39, 0.29) is 29.7 Å². The Hall–Kier alpha value is -2.36. The molecule has 1 aromatic rings. The molecule has 2 heterocycles. The zero-order valence-corrected chi connectivity index (χ0v) is 13.7. The minimum Gasteiger partial charge on any atom is -0.445 e. The highest BCUT2D eigenvalue weighted by Crippen LogP contribution is 2.59. The molecule has 0 unspecified atom stereocenters. The van der Waals surface area contributed by atoms with Gasteiger partial charge in [-0.05, 0) is 23.5 Å². The molecule has 0 saturated heterocycles. The molecule has 0 N–H and O–H groups in total. The number of nitrogens with zero attached hydrogens (tertiary/aromatic N) is 2. The fraction of sp³-hybridized carbons (Fsp3) is 0.368. The van der Waals surface area contributed by atoms with Crippen molar-refractivity contribution in [2.75, 3.05) is 11.5 Å². The van der Waals surface area contributed by atoms with E-state index in [4.69, 9.17) is 4.74 Å². The van der Waals surface area contributed by atoms with Crippen LogP contribution in [0.5, 0.6) is 0 Å². The first-order chi connectivity index (χ1) is 11.0. The third-order valence-corrected chi connectivity index (χ3v) is 5.17. The summed E-state index contributed by atoms with van der Waals surface area (Å²) in [4.78, 5) is 18.9. The first-order valence-corrected chi connectivity index (χ1v) is 7.81. The van der Waals surface area contributed by atoms with Crippen LogP contribution in [0, 0.1) is 5.41 Å². The monoisotopic (exact) mass is 310 g/mol. The summed E-state index contributed by atoms with van der Waals surface area (Å²) in [6.07, 6.45) is 5.54. The molecule has 2 atom stereocenters. The number of aliphatic imine (C=N–C) groups is 1. The summed E-state index contributed by atoms with van der Waals surface area (Å²) >= 11 is 0. The van der Waals surface area contributed by atoms with Crippen molar-refractivity contribution in [3.8, 4) is 0 Å². The number of ether oxygens (including phenoxy) is 1. The zero-order chi connectivity index (χ0) is 16.7. The SMILES string of the molecule is C=CCOC(=O)N1c2ccccc2[C@]2(C(C)(C)C=C)CC=N[C@H]12. The van der Waals surface area contributed by atoms with Crippen LogP contribution < -0.4 is 4.90 Å². The Labute approximate surface area is 137 Å². The third-order valence-electron chi connectivity index (χ3n) is 5.17. The molecular formula is C19H22N2O2. The van der Waals surface area contributed by atoms with E-state index in [2.05, 4.69) is 38.1 Å². The van der Waals surface area contributed by atoms with Crippen LogP contribution in [-0.4, -0.2) is 25.1 Å². The smallest absolute Gasteiger partial charge is 0.416 e. The highest BCUT2D eigenvalue weighted by Gasteiger charge is 2.61. The van der Waals surface area contributed by atoms with E-state index in [1.54, 1.807) is 11.0 Å². The number of allylic oxidation sites excluding steroid dienone is 1. The lowest BCUT2D eigenvalue weighted by Gasteiger charge is -2.43. The molecule has 120 valence electrons. The molecule has 4 nitrogen and oxygen atoms in total. The maximum atomic E-state index is 12.6. The molecule has 23 heavy (non-hydrogen) atoms. The lowest BCUT2D eigenvalue weighted by Crippen LogP contribution is -2.51. The second kappa shape index (κ2) is 5.37. The number of fused-ring (bicyclic) bond motifs is 3. The van der Waals surface area contributed by atoms with Crippen molar-refractivity contribution in [1.82, 2.24) is 0 Å². The van der Waals surface area contributed by atoms with E-state index in [0.717, 1.165) is 17.7 Å². The van der Waals surface area contributed by atoms with Gasteiger partial charge in [-0.25, -0.2) is 4.79 Å². The third kappa shape index (κ3) is 1.97. The van der Waals surface area contributed by atoms with E-state index in [1.165, 1.54) is 0 Å².